The second-order valence-electron chi connectivity index (χ2n) is 12.9. The van der Waals surface area contributed by atoms with Gasteiger partial charge in [-0.05, 0) is 84.3 Å². The molecule has 9 nitrogen and oxygen atoms in total. The molecule has 3 aromatic carbocycles. The Morgan fingerprint density at radius 1 is 0.894 bits per heavy atom. The molecule has 2 heterocycles. The van der Waals surface area contributed by atoms with E-state index in [9.17, 15) is 18.3 Å². The van der Waals surface area contributed by atoms with Gasteiger partial charge in [-0.15, -0.1) is 0 Å². The molecule has 0 fully saturated rings. The Morgan fingerprint density at radius 3 is 2.34 bits per heavy atom. The number of carboxylic acids is 1. The SMILES string of the molecule is Cc1cccc(C)c1-c1cc(NS(=O)(=O)c2cccc(C(=O)O)c2)nc(OC[C@@H](CC(C)(C)C)NCc2ccc3ccccc3n2)c1. The number of ether oxygens (including phenoxy) is 1. The summed E-state index contributed by atoms with van der Waals surface area (Å²) >= 11 is 0. The van der Waals surface area contributed by atoms with Gasteiger partial charge in [0.05, 0.1) is 21.7 Å². The molecule has 0 aliphatic heterocycles. The van der Waals surface area contributed by atoms with Crippen molar-refractivity contribution in [3.8, 4) is 17.0 Å². The average molecular weight is 653 g/mol. The molecule has 5 aromatic rings. The van der Waals surface area contributed by atoms with E-state index in [2.05, 4.69) is 41.9 Å². The quantitative estimate of drug-likeness (QED) is 0.127. The Kier molecular flexibility index (Phi) is 9.93. The van der Waals surface area contributed by atoms with E-state index in [1.165, 1.54) is 18.2 Å². The van der Waals surface area contributed by atoms with Crippen LogP contribution in [0.1, 0.15) is 54.4 Å². The highest BCUT2D eigenvalue weighted by molar-refractivity contribution is 7.92. The molecule has 0 saturated heterocycles. The van der Waals surface area contributed by atoms with Crippen LogP contribution in [0.15, 0.2) is 95.9 Å². The van der Waals surface area contributed by atoms with E-state index in [0.717, 1.165) is 51.3 Å². The number of nitrogens with one attached hydrogen (secondary N) is 2. The maximum Gasteiger partial charge on any atom is 0.335 e. The highest BCUT2D eigenvalue weighted by atomic mass is 32.2. The van der Waals surface area contributed by atoms with Crippen molar-refractivity contribution in [1.29, 1.82) is 0 Å². The third-order valence-electron chi connectivity index (χ3n) is 7.72. The van der Waals surface area contributed by atoms with E-state index in [1.807, 2.05) is 68.4 Å². The molecule has 10 heteroatoms. The lowest BCUT2D eigenvalue weighted by Gasteiger charge is -2.27. The minimum absolute atomic E-state index is 0.00331. The molecule has 1 atom stereocenters. The fourth-order valence-corrected chi connectivity index (χ4v) is 6.65. The van der Waals surface area contributed by atoms with Gasteiger partial charge in [-0.3, -0.25) is 9.71 Å². The number of anilines is 1. The number of carbonyl (C=O) groups is 1. The molecule has 3 N–H and O–H groups in total. The third-order valence-corrected chi connectivity index (χ3v) is 9.07. The first-order chi connectivity index (χ1) is 22.3. The van der Waals surface area contributed by atoms with Crippen molar-refractivity contribution in [3.63, 3.8) is 0 Å². The lowest BCUT2D eigenvalue weighted by atomic mass is 9.88. The van der Waals surface area contributed by atoms with Gasteiger partial charge < -0.3 is 15.2 Å². The van der Waals surface area contributed by atoms with Gasteiger partial charge in [0, 0.05) is 24.0 Å². The predicted octanol–water partition coefficient (Wildman–Crippen LogP) is 7.39. The number of aromatic carboxylic acids is 1. The first-order valence-corrected chi connectivity index (χ1v) is 16.9. The molecule has 5 rings (SSSR count). The topological polar surface area (TPSA) is 131 Å². The molecule has 0 aliphatic rings. The molecular formula is C37H40N4O5S. The van der Waals surface area contributed by atoms with Gasteiger partial charge in [-0.2, -0.15) is 4.98 Å². The number of fused-ring (bicyclic) bond motifs is 1. The van der Waals surface area contributed by atoms with Gasteiger partial charge in [0.15, 0.2) is 0 Å². The number of pyridine rings is 2. The van der Waals surface area contributed by atoms with Gasteiger partial charge >= 0.3 is 5.97 Å². The van der Waals surface area contributed by atoms with Crippen LogP contribution in [0.4, 0.5) is 5.82 Å². The number of benzene rings is 3. The van der Waals surface area contributed by atoms with Gasteiger partial charge in [0.2, 0.25) is 5.88 Å². The standard InChI is InChI=1S/C37H40N4O5S/c1-24-10-8-11-25(2)35(24)28-19-33(41-47(44,45)31-14-9-13-27(18-31)36(42)43)40-34(20-28)46-23-30(21-37(3,4)5)38-22-29-17-16-26-12-6-7-15-32(26)39-29/h6-20,30,38H,21-23H2,1-5H3,(H,40,41)(H,42,43)/t30-/m1/s1. The first-order valence-electron chi connectivity index (χ1n) is 15.4. The molecule has 244 valence electrons. The summed E-state index contributed by atoms with van der Waals surface area (Å²) in [5.74, 6) is -0.907. The molecule has 0 amide bonds. The third kappa shape index (κ3) is 8.72. The Labute approximate surface area is 276 Å². The summed E-state index contributed by atoms with van der Waals surface area (Å²) in [5.41, 5.74) is 5.43. The van der Waals surface area contributed by atoms with E-state index < -0.39 is 16.0 Å². The van der Waals surface area contributed by atoms with Crippen LogP contribution in [0, 0.1) is 19.3 Å². The van der Waals surface area contributed by atoms with Crippen LogP contribution < -0.4 is 14.8 Å². The van der Waals surface area contributed by atoms with Crippen LogP contribution in [-0.2, 0) is 16.6 Å². The monoisotopic (exact) mass is 652 g/mol. The number of nitrogens with zero attached hydrogens (tertiary/aromatic N) is 2. The number of para-hydroxylation sites is 1. The molecule has 2 aromatic heterocycles. The predicted molar refractivity (Wildman–Crippen MR) is 185 cm³/mol. The summed E-state index contributed by atoms with van der Waals surface area (Å²) < 4.78 is 35.6. The van der Waals surface area contributed by atoms with Crippen molar-refractivity contribution in [2.45, 2.75) is 58.5 Å². The van der Waals surface area contributed by atoms with Crippen LogP contribution in [0.3, 0.4) is 0 Å². The second kappa shape index (κ2) is 13.9. The summed E-state index contributed by atoms with van der Waals surface area (Å²) in [4.78, 5) is 20.6. The largest absolute Gasteiger partial charge is 0.478 e. The number of aryl methyl sites for hydroxylation is 2. The molecule has 0 spiro atoms. The zero-order valence-corrected chi connectivity index (χ0v) is 28.1. The van der Waals surface area contributed by atoms with Crippen LogP contribution in [0.5, 0.6) is 5.88 Å². The zero-order valence-electron chi connectivity index (χ0n) is 27.2. The van der Waals surface area contributed by atoms with E-state index >= 15 is 0 Å². The van der Waals surface area contributed by atoms with E-state index in [0.29, 0.717) is 6.54 Å². The second-order valence-corrected chi connectivity index (χ2v) is 14.6. The summed E-state index contributed by atoms with van der Waals surface area (Å²) in [6.45, 7) is 11.3. The molecule has 47 heavy (non-hydrogen) atoms. The summed E-state index contributed by atoms with van der Waals surface area (Å²) in [6, 6.07) is 26.7. The molecule has 0 saturated carbocycles. The fourth-order valence-electron chi connectivity index (χ4n) is 5.61. The van der Waals surface area contributed by atoms with E-state index in [1.54, 1.807) is 6.07 Å². The summed E-state index contributed by atoms with van der Waals surface area (Å²) in [5, 5.41) is 14.1. The normalized spacial score (nSPS) is 12.5. The molecule has 0 bridgehead atoms. The Hall–Kier alpha value is -4.80. The lowest BCUT2D eigenvalue weighted by Crippen LogP contribution is -2.37. The van der Waals surface area contributed by atoms with E-state index in [-0.39, 0.29) is 40.2 Å². The number of hydrogen-bond acceptors (Lipinski definition) is 7. The summed E-state index contributed by atoms with van der Waals surface area (Å²) in [6.07, 6.45) is 0.802. The molecule has 0 radical (unpaired) electrons. The lowest BCUT2D eigenvalue weighted by molar-refractivity contribution is 0.0696. The molecule has 0 unspecified atom stereocenters. The minimum atomic E-state index is -4.17. The highest BCUT2D eigenvalue weighted by Gasteiger charge is 2.22. The number of aromatic nitrogens is 2. The smallest absolute Gasteiger partial charge is 0.335 e. The van der Waals surface area contributed by atoms with Crippen molar-refractivity contribution in [1.82, 2.24) is 15.3 Å². The van der Waals surface area contributed by atoms with Crippen molar-refractivity contribution in [3.05, 3.63) is 113 Å². The van der Waals surface area contributed by atoms with Crippen LogP contribution in [0.25, 0.3) is 22.0 Å². The maximum absolute atomic E-state index is 13.4. The fraction of sp³-hybridized carbons (Fsp3) is 0.270. The van der Waals surface area contributed by atoms with Crippen LogP contribution in [0.2, 0.25) is 0 Å². The molecular weight excluding hydrogens is 612 g/mol. The number of rotatable bonds is 12. The zero-order chi connectivity index (χ0) is 33.8. The Balaban J connectivity index is 1.43. The van der Waals surface area contributed by atoms with Crippen molar-refractivity contribution in [2.75, 3.05) is 11.3 Å². The van der Waals surface area contributed by atoms with Crippen LogP contribution >= 0.6 is 0 Å². The Bertz CT molecular complexity index is 2000. The van der Waals surface area contributed by atoms with Crippen molar-refractivity contribution in [2.24, 2.45) is 5.41 Å². The molecule has 0 aliphatic carbocycles. The number of hydrogen-bond donors (Lipinski definition) is 3. The minimum Gasteiger partial charge on any atom is -0.478 e. The first kappa shape index (κ1) is 33.6. The van der Waals surface area contributed by atoms with Gasteiger partial charge in [-0.1, -0.05) is 69.3 Å². The van der Waals surface area contributed by atoms with Crippen molar-refractivity contribution < 1.29 is 23.1 Å². The Morgan fingerprint density at radius 2 is 1.62 bits per heavy atom. The summed E-state index contributed by atoms with van der Waals surface area (Å²) in [7, 11) is -4.17. The van der Waals surface area contributed by atoms with Gasteiger partial charge in [0.25, 0.3) is 10.0 Å². The number of sulfonamides is 1. The van der Waals surface area contributed by atoms with E-state index in [4.69, 9.17) is 9.72 Å². The highest BCUT2D eigenvalue weighted by Crippen LogP contribution is 2.32. The maximum atomic E-state index is 13.4. The van der Waals surface area contributed by atoms with Crippen LogP contribution in [-0.4, -0.2) is 42.1 Å². The van der Waals surface area contributed by atoms with Gasteiger partial charge in [0.1, 0.15) is 12.4 Å². The van der Waals surface area contributed by atoms with Crippen molar-refractivity contribution >= 4 is 32.7 Å². The van der Waals surface area contributed by atoms with Gasteiger partial charge in [-0.25, -0.2) is 13.2 Å². The average Bonchev–Trinajstić information content (AvgIpc) is 3.01. The number of carboxylic acid groups (broad SMARTS) is 1.